The molecule has 0 radical (unpaired) electrons. The first kappa shape index (κ1) is 18.6. The summed E-state index contributed by atoms with van der Waals surface area (Å²) in [6.07, 6.45) is 2.11. The van der Waals surface area contributed by atoms with E-state index in [-0.39, 0.29) is 11.9 Å². The van der Waals surface area contributed by atoms with Crippen LogP contribution in [0.1, 0.15) is 30.0 Å². The Bertz CT molecular complexity index is 941. The van der Waals surface area contributed by atoms with Gasteiger partial charge in [0.05, 0.1) is 17.1 Å². The fourth-order valence-corrected chi connectivity index (χ4v) is 4.12. The van der Waals surface area contributed by atoms with Gasteiger partial charge in [-0.1, -0.05) is 11.6 Å². The number of anilines is 1. The van der Waals surface area contributed by atoms with E-state index in [0.717, 1.165) is 30.9 Å². The Labute approximate surface area is 168 Å². The summed E-state index contributed by atoms with van der Waals surface area (Å²) in [5.74, 6) is 1.50. The number of likely N-dealkylation sites (tertiary alicyclic amines) is 1. The molecule has 2 N–H and O–H groups in total. The molecule has 0 spiro atoms. The summed E-state index contributed by atoms with van der Waals surface area (Å²) in [6, 6.07) is 13.3. The van der Waals surface area contributed by atoms with Gasteiger partial charge in [0.15, 0.2) is 18.0 Å². The third-order valence-corrected chi connectivity index (χ3v) is 5.53. The first-order valence-corrected chi connectivity index (χ1v) is 9.75. The van der Waals surface area contributed by atoms with Gasteiger partial charge in [0.1, 0.15) is 25.3 Å². The Morgan fingerprint density at radius 1 is 1.21 bits per heavy atom. The summed E-state index contributed by atoms with van der Waals surface area (Å²) in [4.78, 5) is 13.8. The SMILES string of the molecule is N#Cc1ccc(NC(=O)C[NH+]2CCC[C@H]2c2ccc3c(c2)OCCO3)cc1Cl. The van der Waals surface area contributed by atoms with E-state index in [1.54, 1.807) is 18.2 Å². The average Bonchev–Trinajstić information content (AvgIpc) is 3.15. The zero-order valence-corrected chi connectivity index (χ0v) is 16.1. The van der Waals surface area contributed by atoms with Crippen molar-refractivity contribution in [2.24, 2.45) is 0 Å². The minimum Gasteiger partial charge on any atom is -0.486 e. The molecule has 1 unspecified atom stereocenters. The van der Waals surface area contributed by atoms with Crippen LogP contribution in [-0.4, -0.2) is 32.2 Å². The third-order valence-electron chi connectivity index (χ3n) is 5.21. The zero-order chi connectivity index (χ0) is 19.5. The summed E-state index contributed by atoms with van der Waals surface area (Å²) in [7, 11) is 0. The molecule has 2 heterocycles. The number of halogens is 1. The minimum absolute atomic E-state index is 0.0692. The first-order chi connectivity index (χ1) is 13.6. The van der Waals surface area contributed by atoms with Crippen LogP contribution in [0.3, 0.4) is 0 Å². The lowest BCUT2D eigenvalue weighted by molar-refractivity contribution is -0.910. The Hall–Kier alpha value is -2.75. The third kappa shape index (κ3) is 3.91. The molecule has 7 heteroatoms. The maximum atomic E-state index is 12.6. The molecule has 144 valence electrons. The number of rotatable bonds is 4. The number of carbonyl (C=O) groups excluding carboxylic acids is 1. The van der Waals surface area contributed by atoms with Crippen molar-refractivity contribution < 1.29 is 19.2 Å². The van der Waals surface area contributed by atoms with Crippen molar-refractivity contribution in [1.29, 1.82) is 5.26 Å². The van der Waals surface area contributed by atoms with Gasteiger partial charge in [-0.3, -0.25) is 4.79 Å². The number of carbonyl (C=O) groups is 1. The molecule has 1 amide bonds. The molecule has 2 atom stereocenters. The second-order valence-corrected chi connectivity index (χ2v) is 7.44. The highest BCUT2D eigenvalue weighted by Gasteiger charge is 2.32. The van der Waals surface area contributed by atoms with Crippen LogP contribution in [0.5, 0.6) is 11.5 Å². The highest BCUT2D eigenvalue weighted by atomic mass is 35.5. The lowest BCUT2D eigenvalue weighted by Crippen LogP contribution is -3.11. The van der Waals surface area contributed by atoms with E-state index in [1.807, 2.05) is 18.2 Å². The van der Waals surface area contributed by atoms with Gasteiger partial charge in [0.25, 0.3) is 5.91 Å². The molecule has 0 aliphatic carbocycles. The fourth-order valence-electron chi connectivity index (χ4n) is 3.90. The van der Waals surface area contributed by atoms with Crippen LogP contribution in [0.2, 0.25) is 5.02 Å². The minimum atomic E-state index is -0.0692. The lowest BCUT2D eigenvalue weighted by Gasteiger charge is -2.24. The van der Waals surface area contributed by atoms with Crippen molar-refractivity contribution in [2.45, 2.75) is 18.9 Å². The van der Waals surface area contributed by atoms with Crippen molar-refractivity contribution in [3.63, 3.8) is 0 Å². The predicted molar refractivity (Wildman–Crippen MR) is 105 cm³/mol. The average molecular weight is 399 g/mol. The van der Waals surface area contributed by atoms with Crippen molar-refractivity contribution in [1.82, 2.24) is 0 Å². The first-order valence-electron chi connectivity index (χ1n) is 9.37. The van der Waals surface area contributed by atoms with Crippen LogP contribution in [0.25, 0.3) is 0 Å². The summed E-state index contributed by atoms with van der Waals surface area (Å²) >= 11 is 6.04. The van der Waals surface area contributed by atoms with Crippen molar-refractivity contribution in [3.05, 3.63) is 52.5 Å². The van der Waals surface area contributed by atoms with Crippen molar-refractivity contribution >= 4 is 23.2 Å². The number of ether oxygens (including phenoxy) is 2. The van der Waals surface area contributed by atoms with Gasteiger partial charge in [-0.15, -0.1) is 0 Å². The van der Waals surface area contributed by atoms with Crippen molar-refractivity contribution in [2.75, 3.05) is 31.6 Å². The van der Waals surface area contributed by atoms with Gasteiger partial charge in [-0.2, -0.15) is 5.26 Å². The number of hydrogen-bond donors (Lipinski definition) is 2. The molecule has 2 aliphatic rings. The second kappa shape index (κ2) is 8.09. The topological polar surface area (TPSA) is 75.8 Å². The molecule has 0 bridgehead atoms. The highest BCUT2D eigenvalue weighted by molar-refractivity contribution is 6.32. The van der Waals surface area contributed by atoms with E-state index in [2.05, 4.69) is 11.4 Å². The molecule has 4 rings (SSSR count). The number of quaternary nitrogens is 1. The predicted octanol–water partition coefficient (Wildman–Crippen LogP) is 2.34. The maximum Gasteiger partial charge on any atom is 0.279 e. The largest absolute Gasteiger partial charge is 0.486 e. The lowest BCUT2D eigenvalue weighted by atomic mass is 10.0. The van der Waals surface area contributed by atoms with E-state index in [9.17, 15) is 4.79 Å². The van der Waals surface area contributed by atoms with Gasteiger partial charge in [0, 0.05) is 24.1 Å². The Morgan fingerprint density at radius 2 is 2.04 bits per heavy atom. The van der Waals surface area contributed by atoms with E-state index in [0.29, 0.717) is 36.0 Å². The molecular formula is C21H21ClN3O3+. The van der Waals surface area contributed by atoms with E-state index >= 15 is 0 Å². The molecule has 2 aromatic rings. The van der Waals surface area contributed by atoms with Crippen LogP contribution < -0.4 is 19.7 Å². The maximum absolute atomic E-state index is 12.6. The monoisotopic (exact) mass is 398 g/mol. The van der Waals surface area contributed by atoms with Crippen LogP contribution >= 0.6 is 11.6 Å². The normalized spacial score (nSPS) is 20.4. The van der Waals surface area contributed by atoms with Crippen LogP contribution in [-0.2, 0) is 4.79 Å². The summed E-state index contributed by atoms with van der Waals surface area (Å²) in [5, 5.41) is 12.2. The fraction of sp³-hybridized carbons (Fsp3) is 0.333. The second-order valence-electron chi connectivity index (χ2n) is 7.04. The van der Waals surface area contributed by atoms with Crippen LogP contribution in [0, 0.1) is 11.3 Å². The molecule has 1 saturated heterocycles. The number of nitrogens with zero attached hydrogens (tertiary/aromatic N) is 1. The Kier molecular flexibility index (Phi) is 5.38. The number of fused-ring (bicyclic) bond motifs is 1. The van der Waals surface area contributed by atoms with Gasteiger partial charge in [-0.05, 0) is 36.4 Å². The standard InChI is InChI=1S/C21H20ClN3O3/c22-17-11-16(5-3-15(17)12-23)24-21(26)13-25-7-1-2-18(25)14-4-6-19-20(10-14)28-9-8-27-19/h3-6,10-11,18H,1-2,7-9,13H2,(H,24,26)/p+1/t18-/m0/s1. The zero-order valence-electron chi connectivity index (χ0n) is 15.3. The summed E-state index contributed by atoms with van der Waals surface area (Å²) < 4.78 is 11.3. The number of hydrogen-bond acceptors (Lipinski definition) is 4. The van der Waals surface area contributed by atoms with Crippen molar-refractivity contribution in [3.8, 4) is 17.6 Å². The highest BCUT2D eigenvalue weighted by Crippen LogP contribution is 2.33. The number of amides is 1. The smallest absolute Gasteiger partial charge is 0.279 e. The summed E-state index contributed by atoms with van der Waals surface area (Å²) in [6.45, 7) is 2.46. The van der Waals surface area contributed by atoms with Gasteiger partial charge in [-0.25, -0.2) is 0 Å². The molecular weight excluding hydrogens is 378 g/mol. The summed E-state index contributed by atoms with van der Waals surface area (Å²) in [5.41, 5.74) is 2.16. The van der Waals surface area contributed by atoms with Crippen LogP contribution in [0.15, 0.2) is 36.4 Å². The van der Waals surface area contributed by atoms with Gasteiger partial charge in [0.2, 0.25) is 0 Å². The molecule has 2 aromatic carbocycles. The molecule has 0 saturated carbocycles. The van der Waals surface area contributed by atoms with Gasteiger partial charge < -0.3 is 19.7 Å². The molecule has 1 fully saturated rings. The number of nitriles is 1. The van der Waals surface area contributed by atoms with E-state index < -0.39 is 0 Å². The Morgan fingerprint density at radius 3 is 2.82 bits per heavy atom. The molecule has 0 aromatic heterocycles. The molecule has 2 aliphatic heterocycles. The number of nitrogens with one attached hydrogen (secondary N) is 2. The molecule has 28 heavy (non-hydrogen) atoms. The molecule has 6 nitrogen and oxygen atoms in total. The van der Waals surface area contributed by atoms with E-state index in [1.165, 1.54) is 10.5 Å². The van der Waals surface area contributed by atoms with Gasteiger partial charge >= 0.3 is 0 Å². The van der Waals surface area contributed by atoms with Crippen LogP contribution in [0.4, 0.5) is 5.69 Å². The number of benzene rings is 2. The van der Waals surface area contributed by atoms with E-state index in [4.69, 9.17) is 26.3 Å². The Balaban J connectivity index is 1.43. The quantitative estimate of drug-likeness (QED) is 0.828.